The number of anilines is 1. The molecular weight excluding hydrogens is 226 g/mol. The Hall–Kier alpha value is -1.06. The van der Waals surface area contributed by atoms with E-state index >= 15 is 0 Å². The van der Waals surface area contributed by atoms with Crippen molar-refractivity contribution in [3.63, 3.8) is 0 Å². The number of nitrogens with one attached hydrogen (secondary N) is 1. The second-order valence-corrected chi connectivity index (χ2v) is 4.95. The van der Waals surface area contributed by atoms with Gasteiger partial charge in [0.15, 0.2) is 0 Å². The molecule has 3 heteroatoms. The average Bonchev–Trinajstić information content (AvgIpc) is 2.38. The Labute approximate surface area is 109 Å². The van der Waals surface area contributed by atoms with Crippen molar-refractivity contribution in [2.45, 2.75) is 38.3 Å². The lowest BCUT2D eigenvalue weighted by Crippen LogP contribution is -2.32. The summed E-state index contributed by atoms with van der Waals surface area (Å²) in [4.78, 5) is 0. The molecule has 0 spiro atoms. The van der Waals surface area contributed by atoms with Crippen LogP contribution in [-0.4, -0.2) is 32.5 Å². The van der Waals surface area contributed by atoms with Crippen molar-refractivity contribution >= 4 is 5.69 Å². The predicted molar refractivity (Wildman–Crippen MR) is 74.1 cm³/mol. The first kappa shape index (κ1) is 13.4. The Morgan fingerprint density at radius 1 is 1.39 bits per heavy atom. The zero-order chi connectivity index (χ0) is 12.8. The number of rotatable bonds is 5. The van der Waals surface area contributed by atoms with Crippen LogP contribution in [0.2, 0.25) is 0 Å². The first-order valence-electron chi connectivity index (χ1n) is 6.74. The SMILES string of the molecule is COCCc1ccccc1NC1CCOC(C)C1. The van der Waals surface area contributed by atoms with Crippen molar-refractivity contribution in [2.75, 3.05) is 25.6 Å². The van der Waals surface area contributed by atoms with Crippen molar-refractivity contribution in [2.24, 2.45) is 0 Å². The van der Waals surface area contributed by atoms with Crippen LogP contribution in [-0.2, 0) is 15.9 Å². The fourth-order valence-corrected chi connectivity index (χ4v) is 2.44. The van der Waals surface area contributed by atoms with E-state index in [9.17, 15) is 0 Å². The summed E-state index contributed by atoms with van der Waals surface area (Å²) in [5.74, 6) is 0. The van der Waals surface area contributed by atoms with Crippen LogP contribution in [0.25, 0.3) is 0 Å². The highest BCUT2D eigenvalue weighted by molar-refractivity contribution is 5.52. The molecule has 0 aliphatic carbocycles. The third-order valence-corrected chi connectivity index (χ3v) is 3.44. The molecule has 2 rings (SSSR count). The third-order valence-electron chi connectivity index (χ3n) is 3.44. The standard InChI is InChI=1S/C15H23NO2/c1-12-11-14(8-10-18-12)16-15-6-4-3-5-13(15)7-9-17-2/h3-6,12,14,16H,7-11H2,1-2H3. The molecule has 1 heterocycles. The van der Waals surface area contributed by atoms with Gasteiger partial charge in [0.25, 0.3) is 0 Å². The van der Waals surface area contributed by atoms with Gasteiger partial charge in [-0.2, -0.15) is 0 Å². The van der Waals surface area contributed by atoms with E-state index in [1.807, 2.05) is 0 Å². The summed E-state index contributed by atoms with van der Waals surface area (Å²) in [5.41, 5.74) is 2.58. The lowest BCUT2D eigenvalue weighted by Gasteiger charge is -2.29. The van der Waals surface area contributed by atoms with Gasteiger partial charge in [0.2, 0.25) is 0 Å². The van der Waals surface area contributed by atoms with Crippen molar-refractivity contribution in [1.29, 1.82) is 0 Å². The smallest absolute Gasteiger partial charge is 0.0566 e. The summed E-state index contributed by atoms with van der Waals surface area (Å²) in [6.07, 6.45) is 3.49. The number of para-hydroxylation sites is 1. The van der Waals surface area contributed by atoms with E-state index in [0.717, 1.165) is 32.5 Å². The molecule has 1 aromatic carbocycles. The maximum absolute atomic E-state index is 5.58. The van der Waals surface area contributed by atoms with Crippen LogP contribution >= 0.6 is 0 Å². The lowest BCUT2D eigenvalue weighted by molar-refractivity contribution is 0.0232. The number of hydrogen-bond acceptors (Lipinski definition) is 3. The normalized spacial score (nSPS) is 23.9. The van der Waals surface area contributed by atoms with E-state index in [0.29, 0.717) is 12.1 Å². The Kier molecular flexibility index (Phi) is 5.02. The molecule has 0 bridgehead atoms. The molecule has 1 aromatic rings. The Morgan fingerprint density at radius 3 is 3.00 bits per heavy atom. The van der Waals surface area contributed by atoms with E-state index in [2.05, 4.69) is 36.5 Å². The monoisotopic (exact) mass is 249 g/mol. The van der Waals surface area contributed by atoms with Crippen molar-refractivity contribution in [1.82, 2.24) is 0 Å². The molecule has 0 amide bonds. The maximum atomic E-state index is 5.58. The van der Waals surface area contributed by atoms with Gasteiger partial charge in [0.05, 0.1) is 12.7 Å². The highest BCUT2D eigenvalue weighted by atomic mass is 16.5. The summed E-state index contributed by atoms with van der Waals surface area (Å²) in [6.45, 7) is 3.77. The topological polar surface area (TPSA) is 30.5 Å². The highest BCUT2D eigenvalue weighted by Crippen LogP contribution is 2.22. The fraction of sp³-hybridized carbons (Fsp3) is 0.600. The molecule has 1 aliphatic rings. The third kappa shape index (κ3) is 3.72. The van der Waals surface area contributed by atoms with Gasteiger partial charge in [0, 0.05) is 25.4 Å². The second-order valence-electron chi connectivity index (χ2n) is 4.95. The zero-order valence-electron chi connectivity index (χ0n) is 11.3. The van der Waals surface area contributed by atoms with E-state index in [4.69, 9.17) is 9.47 Å². The zero-order valence-corrected chi connectivity index (χ0v) is 11.3. The van der Waals surface area contributed by atoms with Gasteiger partial charge in [-0.05, 0) is 37.8 Å². The summed E-state index contributed by atoms with van der Waals surface area (Å²) in [6, 6.07) is 9.02. The summed E-state index contributed by atoms with van der Waals surface area (Å²) >= 11 is 0. The molecular formula is C15H23NO2. The largest absolute Gasteiger partial charge is 0.384 e. The van der Waals surface area contributed by atoms with E-state index in [-0.39, 0.29) is 0 Å². The molecule has 2 atom stereocenters. The molecule has 1 N–H and O–H groups in total. The van der Waals surface area contributed by atoms with Gasteiger partial charge >= 0.3 is 0 Å². The molecule has 2 unspecified atom stereocenters. The summed E-state index contributed by atoms with van der Waals surface area (Å²) in [5, 5.41) is 3.65. The maximum Gasteiger partial charge on any atom is 0.0566 e. The van der Waals surface area contributed by atoms with Crippen LogP contribution in [0.15, 0.2) is 24.3 Å². The molecule has 18 heavy (non-hydrogen) atoms. The molecule has 3 nitrogen and oxygen atoms in total. The molecule has 1 aliphatic heterocycles. The van der Waals surface area contributed by atoms with Gasteiger partial charge in [-0.15, -0.1) is 0 Å². The highest BCUT2D eigenvalue weighted by Gasteiger charge is 2.19. The summed E-state index contributed by atoms with van der Waals surface area (Å²) in [7, 11) is 1.75. The fourth-order valence-electron chi connectivity index (χ4n) is 2.44. The van der Waals surface area contributed by atoms with Crippen molar-refractivity contribution in [3.05, 3.63) is 29.8 Å². The molecule has 0 radical (unpaired) electrons. The lowest BCUT2D eigenvalue weighted by atomic mass is 10.0. The Morgan fingerprint density at radius 2 is 2.22 bits per heavy atom. The molecule has 1 saturated heterocycles. The van der Waals surface area contributed by atoms with Crippen molar-refractivity contribution < 1.29 is 9.47 Å². The quantitative estimate of drug-likeness (QED) is 0.870. The first-order chi connectivity index (χ1) is 8.79. The minimum atomic E-state index is 0.363. The van der Waals surface area contributed by atoms with Gasteiger partial charge in [-0.1, -0.05) is 18.2 Å². The van der Waals surface area contributed by atoms with Crippen LogP contribution in [0, 0.1) is 0 Å². The van der Waals surface area contributed by atoms with Crippen LogP contribution < -0.4 is 5.32 Å². The van der Waals surface area contributed by atoms with Gasteiger partial charge < -0.3 is 14.8 Å². The second kappa shape index (κ2) is 6.76. The Balaban J connectivity index is 1.99. The average molecular weight is 249 g/mol. The molecule has 1 fully saturated rings. The van der Waals surface area contributed by atoms with Gasteiger partial charge in [0.1, 0.15) is 0 Å². The summed E-state index contributed by atoms with van der Waals surface area (Å²) < 4.78 is 10.7. The molecule has 0 saturated carbocycles. The number of methoxy groups -OCH3 is 1. The predicted octanol–water partition coefficient (Wildman–Crippen LogP) is 2.85. The number of benzene rings is 1. The Bertz CT molecular complexity index is 367. The van der Waals surface area contributed by atoms with E-state index < -0.39 is 0 Å². The van der Waals surface area contributed by atoms with E-state index in [1.54, 1.807) is 7.11 Å². The number of ether oxygens (including phenoxy) is 2. The van der Waals surface area contributed by atoms with Gasteiger partial charge in [-0.25, -0.2) is 0 Å². The van der Waals surface area contributed by atoms with Crippen molar-refractivity contribution in [3.8, 4) is 0 Å². The van der Waals surface area contributed by atoms with Crippen LogP contribution in [0.1, 0.15) is 25.3 Å². The van der Waals surface area contributed by atoms with Crippen LogP contribution in [0.4, 0.5) is 5.69 Å². The first-order valence-corrected chi connectivity index (χ1v) is 6.74. The number of hydrogen-bond donors (Lipinski definition) is 1. The molecule has 0 aromatic heterocycles. The van der Waals surface area contributed by atoms with Gasteiger partial charge in [-0.3, -0.25) is 0 Å². The van der Waals surface area contributed by atoms with E-state index in [1.165, 1.54) is 11.3 Å². The molecule has 100 valence electrons. The minimum absolute atomic E-state index is 0.363. The van der Waals surface area contributed by atoms with Crippen LogP contribution in [0.3, 0.4) is 0 Å². The van der Waals surface area contributed by atoms with Crippen LogP contribution in [0.5, 0.6) is 0 Å². The minimum Gasteiger partial charge on any atom is -0.384 e.